The fraction of sp³-hybridized carbons (Fsp3) is 0.250. The summed E-state index contributed by atoms with van der Waals surface area (Å²) in [6.45, 7) is 1.81. The topological polar surface area (TPSA) is 90.5 Å². The van der Waals surface area contributed by atoms with Gasteiger partial charge < -0.3 is 10.1 Å². The van der Waals surface area contributed by atoms with E-state index in [0.717, 1.165) is 28.8 Å². The van der Waals surface area contributed by atoms with Crippen molar-refractivity contribution in [1.29, 1.82) is 0 Å². The molecule has 4 rings (SSSR count). The van der Waals surface area contributed by atoms with Crippen LogP contribution in [0.25, 0.3) is 16.8 Å². The van der Waals surface area contributed by atoms with Crippen LogP contribution in [0.15, 0.2) is 71.8 Å². The van der Waals surface area contributed by atoms with Gasteiger partial charge in [0.15, 0.2) is 0 Å². The maximum absolute atomic E-state index is 12.8. The van der Waals surface area contributed by atoms with Crippen LogP contribution in [0.5, 0.6) is 5.75 Å². The first-order chi connectivity index (χ1) is 15.5. The Morgan fingerprint density at radius 2 is 1.88 bits per heavy atom. The number of carbonyl (C=O) groups excluding carboxylic acids is 1. The van der Waals surface area contributed by atoms with Gasteiger partial charge in [-0.2, -0.15) is 10.2 Å². The van der Waals surface area contributed by atoms with Crippen molar-refractivity contribution in [2.45, 2.75) is 32.4 Å². The number of methoxy groups -OCH3 is 1. The number of ether oxygens (including phenoxy) is 1. The Balaban J connectivity index is 1.43. The molecular weight excluding hydrogens is 406 g/mol. The Kier molecular flexibility index (Phi) is 6.30. The second-order valence-electron chi connectivity index (χ2n) is 7.67. The number of rotatable bonds is 8. The van der Waals surface area contributed by atoms with Gasteiger partial charge in [0, 0.05) is 11.6 Å². The Hall–Kier alpha value is -3.94. The molecule has 0 aliphatic rings. The number of fused-ring (bicyclic) bond motifs is 1. The number of amides is 1. The summed E-state index contributed by atoms with van der Waals surface area (Å²) in [7, 11) is 1.61. The summed E-state index contributed by atoms with van der Waals surface area (Å²) in [4.78, 5) is 25.3. The maximum atomic E-state index is 12.8. The molecule has 1 atom stereocenters. The van der Waals surface area contributed by atoms with Crippen molar-refractivity contribution in [2.75, 3.05) is 7.11 Å². The fourth-order valence-electron chi connectivity index (χ4n) is 3.51. The van der Waals surface area contributed by atoms with Gasteiger partial charge in [-0.25, -0.2) is 9.20 Å². The lowest BCUT2D eigenvalue weighted by molar-refractivity contribution is -0.122. The predicted molar refractivity (Wildman–Crippen MR) is 122 cm³/mol. The first-order valence-corrected chi connectivity index (χ1v) is 10.5. The van der Waals surface area contributed by atoms with Gasteiger partial charge in [0.1, 0.15) is 24.1 Å². The number of hydrogen-bond acceptors (Lipinski definition) is 5. The minimum absolute atomic E-state index is 0.0150. The summed E-state index contributed by atoms with van der Waals surface area (Å²) in [5.74, 6) is 0.491. The number of aryl methyl sites for hydroxylation is 1. The molecule has 8 nitrogen and oxygen atoms in total. The summed E-state index contributed by atoms with van der Waals surface area (Å²) < 4.78 is 7.76. The molecule has 8 heteroatoms. The second-order valence-corrected chi connectivity index (χ2v) is 7.67. The zero-order valence-corrected chi connectivity index (χ0v) is 18.1. The molecule has 4 aromatic rings. The van der Waals surface area contributed by atoms with Gasteiger partial charge in [0.05, 0.1) is 12.8 Å². The molecule has 2 heterocycles. The quantitative estimate of drug-likeness (QED) is 0.463. The molecule has 2 aromatic carbocycles. The van der Waals surface area contributed by atoms with Crippen LogP contribution in [0.2, 0.25) is 0 Å². The zero-order valence-electron chi connectivity index (χ0n) is 18.1. The smallest absolute Gasteiger partial charge is 0.293 e. The van der Waals surface area contributed by atoms with Crippen LogP contribution in [0, 0.1) is 0 Å². The lowest BCUT2D eigenvalue weighted by Gasteiger charge is -2.14. The standard InChI is InChI=1S/C24H25N5O3/c1-17(8-9-18-6-4-3-5-7-18)26-23(30)15-28-24(31)22-14-21(27-29(22)16-25-28)19-10-12-20(32-2)13-11-19/h3-7,10-14,16-17H,8-9,15H2,1-2H3,(H,26,30)/t17-/m1/s1. The Labute approximate surface area is 185 Å². The van der Waals surface area contributed by atoms with Crippen LogP contribution < -0.4 is 15.6 Å². The molecule has 164 valence electrons. The molecule has 0 saturated carbocycles. The average molecular weight is 431 g/mol. The first kappa shape index (κ1) is 21.3. The maximum Gasteiger partial charge on any atom is 0.293 e. The van der Waals surface area contributed by atoms with Crippen molar-refractivity contribution in [2.24, 2.45) is 0 Å². The molecule has 32 heavy (non-hydrogen) atoms. The molecule has 0 aliphatic heterocycles. The lowest BCUT2D eigenvalue weighted by Crippen LogP contribution is -2.38. The van der Waals surface area contributed by atoms with E-state index in [1.807, 2.05) is 49.4 Å². The highest BCUT2D eigenvalue weighted by atomic mass is 16.5. The second kappa shape index (κ2) is 9.47. The number of aromatic nitrogens is 4. The van der Waals surface area contributed by atoms with Crippen molar-refractivity contribution < 1.29 is 9.53 Å². The summed E-state index contributed by atoms with van der Waals surface area (Å²) in [5, 5.41) is 11.5. The Bertz CT molecular complexity index is 1260. The normalized spacial score (nSPS) is 11.9. The van der Waals surface area contributed by atoms with Crippen molar-refractivity contribution in [3.8, 4) is 17.0 Å². The van der Waals surface area contributed by atoms with E-state index >= 15 is 0 Å². The minimum atomic E-state index is -0.369. The van der Waals surface area contributed by atoms with Gasteiger partial charge in [-0.05, 0) is 55.7 Å². The monoisotopic (exact) mass is 431 g/mol. The molecule has 1 amide bonds. The molecule has 0 aliphatic carbocycles. The van der Waals surface area contributed by atoms with E-state index in [1.54, 1.807) is 13.2 Å². The molecular formula is C24H25N5O3. The molecule has 0 radical (unpaired) electrons. The van der Waals surface area contributed by atoms with Gasteiger partial charge in [-0.3, -0.25) is 9.59 Å². The summed E-state index contributed by atoms with van der Waals surface area (Å²) in [5.41, 5.74) is 2.71. The van der Waals surface area contributed by atoms with E-state index in [-0.39, 0.29) is 24.1 Å². The third kappa shape index (κ3) is 4.85. The molecule has 0 fully saturated rings. The van der Waals surface area contributed by atoms with Gasteiger partial charge in [0.2, 0.25) is 5.91 Å². The highest BCUT2D eigenvalue weighted by molar-refractivity contribution is 5.76. The summed E-state index contributed by atoms with van der Waals surface area (Å²) in [6, 6.07) is 19.2. The van der Waals surface area contributed by atoms with Crippen LogP contribution in [0.3, 0.4) is 0 Å². The fourth-order valence-corrected chi connectivity index (χ4v) is 3.51. The van der Waals surface area contributed by atoms with Crippen LogP contribution >= 0.6 is 0 Å². The number of nitrogens with zero attached hydrogens (tertiary/aromatic N) is 4. The summed E-state index contributed by atoms with van der Waals surface area (Å²) >= 11 is 0. The molecule has 0 saturated heterocycles. The molecule has 0 unspecified atom stereocenters. The van der Waals surface area contributed by atoms with E-state index < -0.39 is 0 Å². The minimum Gasteiger partial charge on any atom is -0.497 e. The molecule has 1 N–H and O–H groups in total. The van der Waals surface area contributed by atoms with Crippen LogP contribution in [-0.2, 0) is 17.8 Å². The highest BCUT2D eigenvalue weighted by Crippen LogP contribution is 2.21. The number of carbonyl (C=O) groups is 1. The van der Waals surface area contributed by atoms with Crippen molar-refractivity contribution >= 4 is 11.4 Å². The van der Waals surface area contributed by atoms with E-state index in [2.05, 4.69) is 27.6 Å². The lowest BCUT2D eigenvalue weighted by atomic mass is 10.1. The van der Waals surface area contributed by atoms with Crippen molar-refractivity contribution in [3.05, 3.63) is 82.9 Å². The number of nitrogens with one attached hydrogen (secondary N) is 1. The average Bonchev–Trinajstić information content (AvgIpc) is 3.25. The summed E-state index contributed by atoms with van der Waals surface area (Å²) in [6.07, 6.45) is 3.12. The highest BCUT2D eigenvalue weighted by Gasteiger charge is 2.14. The van der Waals surface area contributed by atoms with Crippen LogP contribution in [0.1, 0.15) is 18.9 Å². The van der Waals surface area contributed by atoms with E-state index in [4.69, 9.17) is 4.74 Å². The zero-order chi connectivity index (χ0) is 22.5. The van der Waals surface area contributed by atoms with Crippen molar-refractivity contribution in [1.82, 2.24) is 24.7 Å². The van der Waals surface area contributed by atoms with E-state index in [0.29, 0.717) is 11.2 Å². The Morgan fingerprint density at radius 1 is 1.12 bits per heavy atom. The largest absolute Gasteiger partial charge is 0.497 e. The third-order valence-electron chi connectivity index (χ3n) is 5.29. The first-order valence-electron chi connectivity index (χ1n) is 10.5. The van der Waals surface area contributed by atoms with Gasteiger partial charge in [-0.15, -0.1) is 0 Å². The third-order valence-corrected chi connectivity index (χ3v) is 5.29. The van der Waals surface area contributed by atoms with Crippen LogP contribution in [0.4, 0.5) is 0 Å². The van der Waals surface area contributed by atoms with Crippen LogP contribution in [-0.4, -0.2) is 38.5 Å². The number of benzene rings is 2. The van der Waals surface area contributed by atoms with E-state index in [1.165, 1.54) is 16.4 Å². The van der Waals surface area contributed by atoms with Gasteiger partial charge in [-0.1, -0.05) is 30.3 Å². The molecule has 0 bridgehead atoms. The van der Waals surface area contributed by atoms with Gasteiger partial charge >= 0.3 is 0 Å². The van der Waals surface area contributed by atoms with Crippen molar-refractivity contribution in [3.63, 3.8) is 0 Å². The SMILES string of the molecule is COc1ccc(-c2cc3c(=O)n(CC(=O)N[C@H](C)CCc4ccccc4)ncn3n2)cc1. The van der Waals surface area contributed by atoms with E-state index in [9.17, 15) is 9.59 Å². The van der Waals surface area contributed by atoms with Gasteiger partial charge in [0.25, 0.3) is 5.56 Å². The molecule has 0 spiro atoms. The predicted octanol–water partition coefficient (Wildman–Crippen LogP) is 2.70. The molecule has 2 aromatic heterocycles. The Morgan fingerprint density at radius 3 is 2.59 bits per heavy atom. The number of hydrogen-bond donors (Lipinski definition) is 1.